The molecule has 1 N–H and O–H groups in total. The van der Waals surface area contributed by atoms with Crippen molar-refractivity contribution < 1.29 is 4.79 Å². The number of likely N-dealkylation sites (tertiary alicyclic amines) is 1. The summed E-state index contributed by atoms with van der Waals surface area (Å²) in [7, 11) is 0. The molecule has 1 aliphatic heterocycles. The van der Waals surface area contributed by atoms with Gasteiger partial charge in [-0.2, -0.15) is 0 Å². The number of carbonyl (C=O) groups is 1. The van der Waals surface area contributed by atoms with Crippen LogP contribution < -0.4 is 0 Å². The summed E-state index contributed by atoms with van der Waals surface area (Å²) >= 11 is 1.21. The number of nitrogens with one attached hydrogen (secondary N) is 1. The fourth-order valence-corrected chi connectivity index (χ4v) is 3.40. The van der Waals surface area contributed by atoms with Crippen LogP contribution in [0.4, 0.5) is 0 Å². The van der Waals surface area contributed by atoms with Gasteiger partial charge in [-0.05, 0) is 31.3 Å². The van der Waals surface area contributed by atoms with Gasteiger partial charge in [0.25, 0.3) is 5.91 Å². The number of carbonyl (C=O) groups excluding carboxylic acids is 1. The third-order valence-electron chi connectivity index (χ3n) is 3.82. The highest BCUT2D eigenvalue weighted by Crippen LogP contribution is 2.27. The summed E-state index contributed by atoms with van der Waals surface area (Å²) in [6.45, 7) is 5.56. The summed E-state index contributed by atoms with van der Waals surface area (Å²) in [6.07, 6.45) is 4.58. The Balaban J connectivity index is 1.70. The molecule has 1 amide bonds. The molecule has 2 aromatic rings. The van der Waals surface area contributed by atoms with Gasteiger partial charge in [0.05, 0.1) is 5.69 Å². The number of aromatic amines is 1. The second kappa shape index (κ2) is 5.93. The number of hydrogen-bond acceptors (Lipinski definition) is 5. The van der Waals surface area contributed by atoms with Crippen molar-refractivity contribution in [1.82, 2.24) is 24.5 Å². The van der Waals surface area contributed by atoms with Crippen molar-refractivity contribution in [3.8, 4) is 0 Å². The molecule has 2 aromatic heterocycles. The second-order valence-electron chi connectivity index (χ2n) is 5.49. The lowest BCUT2D eigenvalue weighted by Gasteiger charge is -2.15. The molecule has 1 aliphatic rings. The Morgan fingerprint density at radius 2 is 2.43 bits per heavy atom. The fourth-order valence-electron chi connectivity index (χ4n) is 2.72. The van der Waals surface area contributed by atoms with Gasteiger partial charge >= 0.3 is 0 Å². The van der Waals surface area contributed by atoms with Crippen LogP contribution in [-0.4, -0.2) is 43.5 Å². The summed E-state index contributed by atoms with van der Waals surface area (Å²) in [5, 5.41) is 4.08. The number of imidazole rings is 1. The number of rotatable bonds is 4. The number of nitrogens with zero attached hydrogens (tertiary/aromatic N) is 4. The third kappa shape index (κ3) is 2.83. The number of H-pyrrole nitrogens is 1. The third-order valence-corrected chi connectivity index (χ3v) is 4.58. The van der Waals surface area contributed by atoms with Gasteiger partial charge < -0.3 is 9.88 Å². The maximum absolute atomic E-state index is 12.6. The SMILES string of the molecule is CCCc1nnsc1C(=O)N1CCC(c2ncc(C)[nH]2)C1. The lowest BCUT2D eigenvalue weighted by atomic mass is 10.1. The zero-order valence-electron chi connectivity index (χ0n) is 12.3. The van der Waals surface area contributed by atoms with Gasteiger partial charge in [-0.3, -0.25) is 4.79 Å². The van der Waals surface area contributed by atoms with Crippen LogP contribution >= 0.6 is 11.5 Å². The van der Waals surface area contributed by atoms with Crippen LogP contribution in [0.5, 0.6) is 0 Å². The summed E-state index contributed by atoms with van der Waals surface area (Å²) < 4.78 is 3.94. The van der Waals surface area contributed by atoms with E-state index < -0.39 is 0 Å². The van der Waals surface area contributed by atoms with Gasteiger partial charge in [-0.25, -0.2) is 4.98 Å². The van der Waals surface area contributed by atoms with E-state index in [1.54, 1.807) is 0 Å². The molecule has 1 saturated heterocycles. The van der Waals surface area contributed by atoms with E-state index in [1.165, 1.54) is 11.5 Å². The first kappa shape index (κ1) is 14.2. The predicted molar refractivity (Wildman–Crippen MR) is 80.5 cm³/mol. The molecule has 0 saturated carbocycles. The largest absolute Gasteiger partial charge is 0.346 e. The van der Waals surface area contributed by atoms with Crippen molar-refractivity contribution in [1.29, 1.82) is 0 Å². The van der Waals surface area contributed by atoms with E-state index in [-0.39, 0.29) is 5.91 Å². The zero-order valence-corrected chi connectivity index (χ0v) is 13.1. The Kier molecular flexibility index (Phi) is 4.01. The molecule has 0 spiro atoms. The average Bonchev–Trinajstić information content (AvgIpc) is 3.17. The smallest absolute Gasteiger partial charge is 0.267 e. The lowest BCUT2D eigenvalue weighted by molar-refractivity contribution is 0.0794. The predicted octanol–water partition coefficient (Wildman–Crippen LogP) is 2.15. The number of aryl methyl sites for hydroxylation is 2. The molecular formula is C14H19N5OS. The number of aromatic nitrogens is 4. The molecule has 112 valence electrons. The van der Waals surface area contributed by atoms with Crippen LogP contribution in [0, 0.1) is 6.92 Å². The Morgan fingerprint density at radius 1 is 1.57 bits per heavy atom. The number of amides is 1. The molecule has 21 heavy (non-hydrogen) atoms. The minimum atomic E-state index is 0.0687. The van der Waals surface area contributed by atoms with Crippen LogP contribution in [0.15, 0.2) is 6.20 Å². The average molecular weight is 305 g/mol. The molecule has 7 heteroatoms. The maximum Gasteiger partial charge on any atom is 0.267 e. The summed E-state index contributed by atoms with van der Waals surface area (Å²) in [5.41, 5.74) is 1.90. The van der Waals surface area contributed by atoms with E-state index in [9.17, 15) is 4.79 Å². The van der Waals surface area contributed by atoms with Crippen molar-refractivity contribution in [2.75, 3.05) is 13.1 Å². The molecule has 3 rings (SSSR count). The highest BCUT2D eigenvalue weighted by atomic mass is 32.1. The Hall–Kier alpha value is -1.76. The van der Waals surface area contributed by atoms with Gasteiger partial charge in [0.1, 0.15) is 10.7 Å². The van der Waals surface area contributed by atoms with Gasteiger partial charge in [0, 0.05) is 30.9 Å². The summed E-state index contributed by atoms with van der Waals surface area (Å²) in [6, 6.07) is 0. The van der Waals surface area contributed by atoms with Crippen molar-refractivity contribution in [3.63, 3.8) is 0 Å². The minimum Gasteiger partial charge on any atom is -0.346 e. The molecule has 1 unspecified atom stereocenters. The lowest BCUT2D eigenvalue weighted by Crippen LogP contribution is -2.28. The summed E-state index contributed by atoms with van der Waals surface area (Å²) in [5.74, 6) is 1.36. The van der Waals surface area contributed by atoms with Crippen LogP contribution in [0.3, 0.4) is 0 Å². The van der Waals surface area contributed by atoms with Crippen LogP contribution in [0.25, 0.3) is 0 Å². The van der Waals surface area contributed by atoms with E-state index in [0.29, 0.717) is 10.8 Å². The van der Waals surface area contributed by atoms with Crippen molar-refractivity contribution in [3.05, 3.63) is 28.3 Å². The van der Waals surface area contributed by atoms with Crippen LogP contribution in [0.1, 0.15) is 52.6 Å². The maximum atomic E-state index is 12.6. The second-order valence-corrected chi connectivity index (χ2v) is 6.24. The number of hydrogen-bond donors (Lipinski definition) is 1. The van der Waals surface area contributed by atoms with Gasteiger partial charge in [0.15, 0.2) is 0 Å². The highest BCUT2D eigenvalue weighted by Gasteiger charge is 2.31. The molecule has 1 fully saturated rings. The van der Waals surface area contributed by atoms with E-state index in [2.05, 4.69) is 26.5 Å². The molecule has 6 nitrogen and oxygen atoms in total. The van der Waals surface area contributed by atoms with Crippen molar-refractivity contribution in [2.45, 2.75) is 39.0 Å². The minimum absolute atomic E-state index is 0.0687. The Morgan fingerprint density at radius 3 is 3.14 bits per heavy atom. The van der Waals surface area contributed by atoms with Crippen molar-refractivity contribution >= 4 is 17.4 Å². The Labute approximate surface area is 127 Å². The molecular weight excluding hydrogens is 286 g/mol. The van der Waals surface area contributed by atoms with Crippen molar-refractivity contribution in [2.24, 2.45) is 0 Å². The standard InChI is InChI=1S/C14H19N5OS/c1-3-4-11-12(21-18-17-11)14(20)19-6-5-10(8-19)13-15-7-9(2)16-13/h7,10H,3-6,8H2,1-2H3,(H,15,16). The first-order valence-corrected chi connectivity index (χ1v) is 8.08. The normalized spacial score (nSPS) is 18.4. The molecule has 0 bridgehead atoms. The van der Waals surface area contributed by atoms with Gasteiger partial charge in [-0.1, -0.05) is 17.8 Å². The van der Waals surface area contributed by atoms with Gasteiger partial charge in [0.2, 0.25) is 0 Å². The van der Waals surface area contributed by atoms with Gasteiger partial charge in [-0.15, -0.1) is 5.10 Å². The topological polar surface area (TPSA) is 74.8 Å². The highest BCUT2D eigenvalue weighted by molar-refractivity contribution is 7.08. The molecule has 3 heterocycles. The first-order valence-electron chi connectivity index (χ1n) is 7.31. The van der Waals surface area contributed by atoms with E-state index in [1.807, 2.05) is 18.0 Å². The molecule has 0 radical (unpaired) electrons. The first-order chi connectivity index (χ1) is 10.2. The molecule has 0 aromatic carbocycles. The quantitative estimate of drug-likeness (QED) is 0.939. The Bertz CT molecular complexity index is 635. The summed E-state index contributed by atoms with van der Waals surface area (Å²) in [4.78, 5) is 22.9. The van der Waals surface area contributed by atoms with E-state index in [4.69, 9.17) is 0 Å². The fraction of sp³-hybridized carbons (Fsp3) is 0.571. The van der Waals surface area contributed by atoms with Crippen LogP contribution in [-0.2, 0) is 6.42 Å². The zero-order chi connectivity index (χ0) is 14.8. The van der Waals surface area contributed by atoms with E-state index >= 15 is 0 Å². The molecule has 1 atom stereocenters. The monoisotopic (exact) mass is 305 g/mol. The van der Waals surface area contributed by atoms with Crippen LogP contribution in [0.2, 0.25) is 0 Å². The van der Waals surface area contributed by atoms with E-state index in [0.717, 1.165) is 49.6 Å². The molecule has 0 aliphatic carbocycles.